The largest absolute Gasteiger partial charge is 0.0620 e. The Hall–Kier alpha value is -0.780. The predicted molar refractivity (Wildman–Crippen MR) is 68.8 cm³/mol. The predicted octanol–water partition coefficient (Wildman–Crippen LogP) is 4.43. The number of rotatable bonds is 1. The lowest BCUT2D eigenvalue weighted by Crippen LogP contribution is -2.53. The van der Waals surface area contributed by atoms with Gasteiger partial charge >= 0.3 is 0 Å². The fourth-order valence-corrected chi connectivity index (χ4v) is 3.72. The highest BCUT2D eigenvalue weighted by atomic mass is 14.6. The van der Waals surface area contributed by atoms with Crippen molar-refractivity contribution in [2.45, 2.75) is 57.3 Å². The van der Waals surface area contributed by atoms with Gasteiger partial charge in [-0.3, -0.25) is 0 Å². The SMILES string of the molecule is CC(C)(C)c1ccccc1C12CCC1CC2. The van der Waals surface area contributed by atoms with Crippen molar-refractivity contribution in [1.82, 2.24) is 0 Å². The van der Waals surface area contributed by atoms with Crippen LogP contribution in [0.15, 0.2) is 24.3 Å². The minimum atomic E-state index is 0.293. The van der Waals surface area contributed by atoms with E-state index in [1.807, 2.05) is 0 Å². The molecule has 0 spiro atoms. The van der Waals surface area contributed by atoms with Crippen molar-refractivity contribution in [3.63, 3.8) is 0 Å². The minimum Gasteiger partial charge on any atom is -0.0620 e. The highest BCUT2D eigenvalue weighted by molar-refractivity contribution is 5.43. The molecule has 0 unspecified atom stereocenters. The Morgan fingerprint density at radius 3 is 2.12 bits per heavy atom. The molecular weight excluding hydrogens is 192 g/mol. The van der Waals surface area contributed by atoms with E-state index in [2.05, 4.69) is 45.0 Å². The molecule has 1 aromatic rings. The summed E-state index contributed by atoms with van der Waals surface area (Å²) in [6.45, 7) is 7.03. The maximum atomic E-state index is 2.39. The lowest BCUT2D eigenvalue weighted by molar-refractivity contribution is 0.00458. The van der Waals surface area contributed by atoms with Crippen molar-refractivity contribution in [2.75, 3.05) is 0 Å². The average molecular weight is 214 g/mol. The van der Waals surface area contributed by atoms with Crippen molar-refractivity contribution >= 4 is 0 Å². The Labute approximate surface area is 99.1 Å². The van der Waals surface area contributed by atoms with Crippen LogP contribution in [0.1, 0.15) is 57.6 Å². The van der Waals surface area contributed by atoms with Gasteiger partial charge in [0.05, 0.1) is 0 Å². The zero-order chi connectivity index (χ0) is 11.4. The van der Waals surface area contributed by atoms with E-state index in [-0.39, 0.29) is 0 Å². The van der Waals surface area contributed by atoms with Gasteiger partial charge in [0.25, 0.3) is 0 Å². The third kappa shape index (κ3) is 1.22. The van der Waals surface area contributed by atoms with Crippen molar-refractivity contribution < 1.29 is 0 Å². The summed E-state index contributed by atoms with van der Waals surface area (Å²) in [5, 5.41) is 0. The van der Waals surface area contributed by atoms with Crippen LogP contribution < -0.4 is 0 Å². The normalized spacial score (nSPS) is 32.6. The summed E-state index contributed by atoms with van der Waals surface area (Å²) in [6.07, 6.45) is 5.81. The minimum absolute atomic E-state index is 0.293. The van der Waals surface area contributed by atoms with Crippen LogP contribution in [0.5, 0.6) is 0 Å². The van der Waals surface area contributed by atoms with Crippen LogP contribution >= 0.6 is 0 Å². The molecule has 0 radical (unpaired) electrons. The summed E-state index contributed by atoms with van der Waals surface area (Å²) >= 11 is 0. The Balaban J connectivity index is 2.07. The van der Waals surface area contributed by atoms with E-state index in [0.717, 1.165) is 5.92 Å². The number of benzene rings is 1. The molecule has 0 nitrogen and oxygen atoms in total. The second-order valence-corrected chi connectivity index (χ2v) is 6.73. The van der Waals surface area contributed by atoms with Crippen molar-refractivity contribution in [3.8, 4) is 0 Å². The van der Waals surface area contributed by atoms with Crippen molar-refractivity contribution in [1.29, 1.82) is 0 Å². The molecule has 1 aromatic carbocycles. The first-order chi connectivity index (χ1) is 7.54. The molecule has 16 heavy (non-hydrogen) atoms. The Bertz CT molecular complexity index is 400. The van der Waals surface area contributed by atoms with Gasteiger partial charge in [-0.05, 0) is 53.6 Å². The number of hydrogen-bond donors (Lipinski definition) is 0. The molecular formula is C16H22. The fourth-order valence-electron chi connectivity index (χ4n) is 3.72. The van der Waals surface area contributed by atoms with Gasteiger partial charge in [0.1, 0.15) is 0 Å². The summed E-state index contributed by atoms with van der Waals surface area (Å²) in [5.74, 6) is 1.01. The van der Waals surface area contributed by atoms with E-state index in [9.17, 15) is 0 Å². The zero-order valence-electron chi connectivity index (χ0n) is 10.7. The molecule has 2 aliphatic carbocycles. The summed E-state index contributed by atoms with van der Waals surface area (Å²) in [4.78, 5) is 0. The molecule has 86 valence electrons. The number of hydrogen-bond acceptors (Lipinski definition) is 0. The highest BCUT2D eigenvalue weighted by Gasteiger charge is 2.55. The van der Waals surface area contributed by atoms with Crippen LogP contribution in [0.2, 0.25) is 0 Å². The molecule has 0 saturated heterocycles. The highest BCUT2D eigenvalue weighted by Crippen LogP contribution is 2.63. The molecule has 0 aliphatic heterocycles. The first-order valence-electron chi connectivity index (χ1n) is 6.64. The number of fused-ring (bicyclic) bond motifs is 1. The molecule has 0 aromatic heterocycles. The monoisotopic (exact) mass is 214 g/mol. The summed E-state index contributed by atoms with van der Waals surface area (Å²) in [7, 11) is 0. The van der Waals surface area contributed by atoms with Crippen molar-refractivity contribution in [2.24, 2.45) is 5.92 Å². The Kier molecular flexibility index (Phi) is 2.02. The molecule has 0 atom stereocenters. The van der Waals surface area contributed by atoms with Gasteiger partial charge in [0.15, 0.2) is 0 Å². The molecule has 0 N–H and O–H groups in total. The van der Waals surface area contributed by atoms with Crippen LogP contribution in [-0.2, 0) is 10.8 Å². The average Bonchev–Trinajstić information content (AvgIpc) is 2.22. The van der Waals surface area contributed by atoms with E-state index >= 15 is 0 Å². The smallest absolute Gasteiger partial charge is 0.00156 e. The quantitative estimate of drug-likeness (QED) is 0.649. The molecule has 0 heterocycles. The van der Waals surface area contributed by atoms with E-state index in [1.165, 1.54) is 25.7 Å². The zero-order valence-corrected chi connectivity index (χ0v) is 10.7. The maximum Gasteiger partial charge on any atom is -0.00156 e. The molecule has 2 aliphatic rings. The van der Waals surface area contributed by atoms with Crippen LogP contribution in [0, 0.1) is 5.92 Å². The molecule has 2 fully saturated rings. The van der Waals surface area contributed by atoms with Gasteiger partial charge in [-0.15, -0.1) is 0 Å². The standard InChI is InChI=1S/C16H22/c1-15(2,3)13-6-4-5-7-14(13)16-10-8-12(16)9-11-16/h4-7,12H,8-11H2,1-3H3. The first-order valence-corrected chi connectivity index (χ1v) is 6.64. The summed E-state index contributed by atoms with van der Waals surface area (Å²) in [6, 6.07) is 9.17. The molecule has 2 saturated carbocycles. The summed E-state index contributed by atoms with van der Waals surface area (Å²) in [5.41, 5.74) is 4.15. The second kappa shape index (κ2) is 3.12. The molecule has 0 heteroatoms. The van der Waals surface area contributed by atoms with Crippen LogP contribution in [-0.4, -0.2) is 0 Å². The third-order valence-electron chi connectivity index (χ3n) is 4.93. The van der Waals surface area contributed by atoms with Crippen LogP contribution in [0.25, 0.3) is 0 Å². The maximum absolute atomic E-state index is 2.39. The lowest BCUT2D eigenvalue weighted by atomic mass is 9.44. The molecule has 3 rings (SSSR count). The topological polar surface area (TPSA) is 0 Å². The summed E-state index contributed by atoms with van der Waals surface area (Å²) < 4.78 is 0. The lowest BCUT2D eigenvalue weighted by Gasteiger charge is -2.60. The first kappa shape index (κ1) is 10.4. The Morgan fingerprint density at radius 1 is 1.06 bits per heavy atom. The van der Waals surface area contributed by atoms with Gasteiger partial charge in [0.2, 0.25) is 0 Å². The Morgan fingerprint density at radius 2 is 1.69 bits per heavy atom. The van der Waals surface area contributed by atoms with Gasteiger partial charge in [-0.2, -0.15) is 0 Å². The van der Waals surface area contributed by atoms with E-state index < -0.39 is 0 Å². The van der Waals surface area contributed by atoms with Gasteiger partial charge in [-0.1, -0.05) is 45.0 Å². The van der Waals surface area contributed by atoms with E-state index in [4.69, 9.17) is 0 Å². The van der Waals surface area contributed by atoms with Crippen LogP contribution in [0.3, 0.4) is 0 Å². The van der Waals surface area contributed by atoms with Gasteiger partial charge < -0.3 is 0 Å². The van der Waals surface area contributed by atoms with E-state index in [1.54, 1.807) is 11.1 Å². The fraction of sp³-hybridized carbons (Fsp3) is 0.625. The van der Waals surface area contributed by atoms with Crippen molar-refractivity contribution in [3.05, 3.63) is 35.4 Å². The molecule has 0 amide bonds. The third-order valence-corrected chi connectivity index (χ3v) is 4.93. The second-order valence-electron chi connectivity index (χ2n) is 6.73. The van der Waals surface area contributed by atoms with E-state index in [0.29, 0.717) is 10.8 Å². The van der Waals surface area contributed by atoms with Gasteiger partial charge in [0, 0.05) is 0 Å². The molecule has 0 bridgehead atoms. The van der Waals surface area contributed by atoms with Gasteiger partial charge in [-0.25, -0.2) is 0 Å². The van der Waals surface area contributed by atoms with Crippen LogP contribution in [0.4, 0.5) is 0 Å².